The van der Waals surface area contributed by atoms with Crippen LogP contribution in [0.1, 0.15) is 32.6 Å². The van der Waals surface area contributed by atoms with Crippen molar-refractivity contribution in [1.82, 2.24) is 5.32 Å². The molecule has 0 aromatic rings. The van der Waals surface area contributed by atoms with Gasteiger partial charge < -0.3 is 14.8 Å². The molecule has 0 fully saturated rings. The molecule has 4 heteroatoms. The quantitative estimate of drug-likeness (QED) is 0.516. The van der Waals surface area contributed by atoms with E-state index in [-0.39, 0.29) is 5.78 Å². The summed E-state index contributed by atoms with van der Waals surface area (Å²) in [4.78, 5) is 10.6. The lowest BCUT2D eigenvalue weighted by Crippen LogP contribution is -2.09. The molecule has 0 amide bonds. The SMILES string of the molecule is CNCCCCCOCCOCCC(C)=O. The van der Waals surface area contributed by atoms with Gasteiger partial charge >= 0.3 is 0 Å². The molecule has 0 radical (unpaired) electrons. The van der Waals surface area contributed by atoms with E-state index < -0.39 is 0 Å². The van der Waals surface area contributed by atoms with Crippen molar-refractivity contribution in [1.29, 1.82) is 0 Å². The number of hydrogen-bond donors (Lipinski definition) is 1. The summed E-state index contributed by atoms with van der Waals surface area (Å²) in [6.45, 7) is 5.19. The Hall–Kier alpha value is -0.450. The van der Waals surface area contributed by atoms with Gasteiger partial charge in [0, 0.05) is 13.0 Å². The molecular weight excluding hydrogens is 206 g/mol. The van der Waals surface area contributed by atoms with Crippen LogP contribution in [0.4, 0.5) is 0 Å². The minimum absolute atomic E-state index is 0.172. The molecule has 1 N–H and O–H groups in total. The summed E-state index contributed by atoms with van der Waals surface area (Å²) in [5.74, 6) is 0.172. The molecule has 0 aromatic carbocycles. The van der Waals surface area contributed by atoms with Crippen LogP contribution in [-0.2, 0) is 14.3 Å². The Morgan fingerprint density at radius 3 is 2.31 bits per heavy atom. The average Bonchev–Trinajstić information content (AvgIpc) is 2.25. The Balaban J connectivity index is 2.90. The second-order valence-corrected chi connectivity index (χ2v) is 3.84. The molecule has 0 bridgehead atoms. The van der Waals surface area contributed by atoms with Gasteiger partial charge in [-0.2, -0.15) is 0 Å². The zero-order valence-electron chi connectivity index (χ0n) is 10.6. The summed E-state index contributed by atoms with van der Waals surface area (Å²) in [5, 5.41) is 3.11. The van der Waals surface area contributed by atoms with E-state index in [9.17, 15) is 4.79 Å². The van der Waals surface area contributed by atoms with Crippen molar-refractivity contribution in [2.45, 2.75) is 32.6 Å². The topological polar surface area (TPSA) is 47.6 Å². The number of ether oxygens (including phenoxy) is 2. The Morgan fingerprint density at radius 1 is 1.00 bits per heavy atom. The molecule has 0 rings (SSSR count). The van der Waals surface area contributed by atoms with E-state index >= 15 is 0 Å². The highest BCUT2D eigenvalue weighted by atomic mass is 16.5. The van der Waals surface area contributed by atoms with Gasteiger partial charge in [0.15, 0.2) is 0 Å². The van der Waals surface area contributed by atoms with Crippen LogP contribution >= 0.6 is 0 Å². The fraction of sp³-hybridized carbons (Fsp3) is 0.917. The first-order valence-electron chi connectivity index (χ1n) is 6.07. The maximum atomic E-state index is 10.6. The molecule has 0 aromatic heterocycles. The van der Waals surface area contributed by atoms with Crippen LogP contribution in [0, 0.1) is 0 Å². The predicted molar refractivity (Wildman–Crippen MR) is 64.7 cm³/mol. The summed E-state index contributed by atoms with van der Waals surface area (Å²) >= 11 is 0. The molecule has 4 nitrogen and oxygen atoms in total. The third-order valence-corrected chi connectivity index (χ3v) is 2.19. The lowest BCUT2D eigenvalue weighted by Gasteiger charge is -2.05. The van der Waals surface area contributed by atoms with Crippen molar-refractivity contribution in [2.75, 3.05) is 40.0 Å². The van der Waals surface area contributed by atoms with E-state index in [2.05, 4.69) is 5.32 Å². The summed E-state index contributed by atoms with van der Waals surface area (Å²) < 4.78 is 10.6. The smallest absolute Gasteiger partial charge is 0.132 e. The Morgan fingerprint density at radius 2 is 1.69 bits per heavy atom. The fourth-order valence-electron chi connectivity index (χ4n) is 1.22. The average molecular weight is 231 g/mol. The van der Waals surface area contributed by atoms with Crippen molar-refractivity contribution in [3.05, 3.63) is 0 Å². The van der Waals surface area contributed by atoms with Gasteiger partial charge in [-0.05, 0) is 39.8 Å². The zero-order valence-corrected chi connectivity index (χ0v) is 10.6. The molecule has 0 aliphatic rings. The monoisotopic (exact) mass is 231 g/mol. The molecule has 0 saturated carbocycles. The van der Waals surface area contributed by atoms with Gasteiger partial charge in [0.2, 0.25) is 0 Å². The van der Waals surface area contributed by atoms with Gasteiger partial charge in [-0.15, -0.1) is 0 Å². The van der Waals surface area contributed by atoms with E-state index in [1.165, 1.54) is 12.8 Å². The molecule has 0 atom stereocenters. The summed E-state index contributed by atoms with van der Waals surface area (Å²) in [6.07, 6.45) is 4.01. The highest BCUT2D eigenvalue weighted by molar-refractivity contribution is 5.75. The van der Waals surface area contributed by atoms with E-state index in [1.54, 1.807) is 6.92 Å². The summed E-state index contributed by atoms with van der Waals surface area (Å²) in [6, 6.07) is 0. The summed E-state index contributed by atoms with van der Waals surface area (Å²) in [5.41, 5.74) is 0. The second-order valence-electron chi connectivity index (χ2n) is 3.84. The largest absolute Gasteiger partial charge is 0.379 e. The normalized spacial score (nSPS) is 10.6. The Labute approximate surface area is 98.7 Å². The van der Waals surface area contributed by atoms with Crippen LogP contribution in [0.25, 0.3) is 0 Å². The van der Waals surface area contributed by atoms with Crippen LogP contribution in [0.2, 0.25) is 0 Å². The number of carbonyl (C=O) groups is 1. The van der Waals surface area contributed by atoms with Crippen molar-refractivity contribution >= 4 is 5.78 Å². The highest BCUT2D eigenvalue weighted by Gasteiger charge is 1.94. The standard InChI is InChI=1S/C12H25NO3/c1-12(14)6-9-16-11-10-15-8-5-3-4-7-13-2/h13H,3-11H2,1-2H3. The Kier molecular flexibility index (Phi) is 12.3. The van der Waals surface area contributed by atoms with Crippen LogP contribution in [0.15, 0.2) is 0 Å². The van der Waals surface area contributed by atoms with E-state index in [1.807, 2.05) is 7.05 Å². The van der Waals surface area contributed by atoms with E-state index in [4.69, 9.17) is 9.47 Å². The molecule has 0 aliphatic heterocycles. The van der Waals surface area contributed by atoms with Crippen LogP contribution < -0.4 is 5.32 Å². The third kappa shape index (κ3) is 13.5. The van der Waals surface area contributed by atoms with E-state index in [0.29, 0.717) is 26.2 Å². The number of unbranched alkanes of at least 4 members (excludes halogenated alkanes) is 2. The van der Waals surface area contributed by atoms with Gasteiger partial charge in [-0.3, -0.25) is 4.79 Å². The molecule has 0 spiro atoms. The van der Waals surface area contributed by atoms with E-state index in [0.717, 1.165) is 19.6 Å². The van der Waals surface area contributed by atoms with Gasteiger partial charge in [-0.25, -0.2) is 0 Å². The minimum atomic E-state index is 0.172. The minimum Gasteiger partial charge on any atom is -0.379 e. The lowest BCUT2D eigenvalue weighted by atomic mass is 10.2. The Bertz CT molecular complexity index is 162. The molecule has 0 saturated heterocycles. The number of Topliss-reactive ketones (excluding diaryl/α,β-unsaturated/α-hetero) is 1. The number of rotatable bonds is 12. The molecule has 0 heterocycles. The number of nitrogens with one attached hydrogen (secondary N) is 1. The molecule has 0 unspecified atom stereocenters. The number of hydrogen-bond acceptors (Lipinski definition) is 4. The van der Waals surface area contributed by atoms with Crippen molar-refractivity contribution in [3.63, 3.8) is 0 Å². The maximum Gasteiger partial charge on any atom is 0.132 e. The lowest BCUT2D eigenvalue weighted by molar-refractivity contribution is -0.118. The van der Waals surface area contributed by atoms with Gasteiger partial charge in [0.25, 0.3) is 0 Å². The number of carbonyl (C=O) groups excluding carboxylic acids is 1. The van der Waals surface area contributed by atoms with Crippen molar-refractivity contribution in [3.8, 4) is 0 Å². The number of ketones is 1. The van der Waals surface area contributed by atoms with Gasteiger partial charge in [-0.1, -0.05) is 0 Å². The molecular formula is C12H25NO3. The first kappa shape index (κ1) is 15.6. The van der Waals surface area contributed by atoms with Gasteiger partial charge in [0.1, 0.15) is 5.78 Å². The van der Waals surface area contributed by atoms with Crippen LogP contribution in [-0.4, -0.2) is 45.8 Å². The first-order valence-corrected chi connectivity index (χ1v) is 6.07. The summed E-state index contributed by atoms with van der Waals surface area (Å²) in [7, 11) is 1.97. The predicted octanol–water partition coefficient (Wildman–Crippen LogP) is 1.39. The van der Waals surface area contributed by atoms with Crippen LogP contribution in [0.3, 0.4) is 0 Å². The fourth-order valence-corrected chi connectivity index (χ4v) is 1.22. The molecule has 96 valence electrons. The van der Waals surface area contributed by atoms with Crippen LogP contribution in [0.5, 0.6) is 0 Å². The first-order chi connectivity index (χ1) is 7.77. The van der Waals surface area contributed by atoms with Crippen molar-refractivity contribution < 1.29 is 14.3 Å². The van der Waals surface area contributed by atoms with Gasteiger partial charge in [0.05, 0.1) is 19.8 Å². The second kappa shape index (κ2) is 12.6. The molecule has 16 heavy (non-hydrogen) atoms. The maximum absolute atomic E-state index is 10.6. The zero-order chi connectivity index (χ0) is 12.1. The molecule has 0 aliphatic carbocycles. The van der Waals surface area contributed by atoms with Crippen molar-refractivity contribution in [2.24, 2.45) is 0 Å². The third-order valence-electron chi connectivity index (χ3n) is 2.19. The highest BCUT2D eigenvalue weighted by Crippen LogP contribution is 1.94.